The molecule has 0 spiro atoms. The molecule has 0 aliphatic rings. The van der Waals surface area contributed by atoms with E-state index in [-0.39, 0.29) is 18.3 Å². The maximum atomic E-state index is 11.0. The van der Waals surface area contributed by atoms with Crippen LogP contribution >= 0.6 is 0 Å². The van der Waals surface area contributed by atoms with E-state index in [1.165, 1.54) is 0 Å². The summed E-state index contributed by atoms with van der Waals surface area (Å²) in [5.74, 6) is -0.582. The first kappa shape index (κ1) is 9.18. The molecule has 0 aromatic carbocycles. The highest BCUT2D eigenvalue weighted by Crippen LogP contribution is 1.97. The number of hydrogen-bond acceptors (Lipinski definition) is 2. The lowest BCUT2D eigenvalue weighted by Crippen LogP contribution is -2.24. The summed E-state index contributed by atoms with van der Waals surface area (Å²) >= 11 is 0. The largest absolute Gasteiger partial charge is 0.370 e. The molecule has 13 heavy (non-hydrogen) atoms. The highest BCUT2D eigenvalue weighted by Gasteiger charge is 2.01. The molecule has 0 radical (unpaired) electrons. The van der Waals surface area contributed by atoms with Crippen LogP contribution in [0.5, 0.6) is 0 Å². The van der Waals surface area contributed by atoms with Crippen LogP contribution in [-0.2, 0) is 11.2 Å². The molecule has 0 aliphatic heterocycles. The molecular weight excluding hydrogens is 168 g/mol. The fourth-order valence-electron chi connectivity index (χ4n) is 0.861. The number of pyridine rings is 1. The minimum atomic E-state index is -0.368. The Balaban J connectivity index is 2.61. The average molecular weight is 178 g/mol. The van der Waals surface area contributed by atoms with Gasteiger partial charge in [0.1, 0.15) is 0 Å². The van der Waals surface area contributed by atoms with E-state index in [0.717, 1.165) is 5.56 Å². The molecule has 0 bridgehead atoms. The molecule has 1 amide bonds. The number of carbonyl (C=O) groups excluding carboxylic acids is 1. The lowest BCUT2D eigenvalue weighted by Gasteiger charge is -1.95. The van der Waals surface area contributed by atoms with Crippen LogP contribution in [0.3, 0.4) is 0 Å². The van der Waals surface area contributed by atoms with Crippen molar-refractivity contribution in [2.75, 3.05) is 0 Å². The Kier molecular flexibility index (Phi) is 2.97. The highest BCUT2D eigenvalue weighted by molar-refractivity contribution is 5.92. The number of rotatable bonds is 2. The van der Waals surface area contributed by atoms with Crippen LogP contribution < -0.4 is 11.5 Å². The van der Waals surface area contributed by atoms with E-state index in [1.807, 2.05) is 0 Å². The number of nitrogens with zero attached hydrogens (tertiary/aromatic N) is 2. The number of hydrogen-bond donors (Lipinski definition) is 2. The van der Waals surface area contributed by atoms with Crippen molar-refractivity contribution in [3.8, 4) is 0 Å². The van der Waals surface area contributed by atoms with Gasteiger partial charge in [-0.15, -0.1) is 0 Å². The zero-order valence-corrected chi connectivity index (χ0v) is 6.97. The topological polar surface area (TPSA) is 94.4 Å². The smallest absolute Gasteiger partial charge is 0.253 e. The van der Waals surface area contributed by atoms with Gasteiger partial charge in [0.15, 0.2) is 5.96 Å². The van der Waals surface area contributed by atoms with Crippen molar-refractivity contribution in [2.24, 2.45) is 16.5 Å². The van der Waals surface area contributed by atoms with E-state index in [2.05, 4.69) is 9.98 Å². The molecule has 68 valence electrons. The second-order valence-corrected chi connectivity index (χ2v) is 2.47. The van der Waals surface area contributed by atoms with Crippen LogP contribution in [0.25, 0.3) is 0 Å². The Bertz CT molecular complexity index is 316. The Morgan fingerprint density at radius 3 is 2.85 bits per heavy atom. The first-order valence-corrected chi connectivity index (χ1v) is 3.70. The molecule has 0 fully saturated rings. The van der Waals surface area contributed by atoms with Crippen molar-refractivity contribution in [1.29, 1.82) is 0 Å². The van der Waals surface area contributed by atoms with Crippen molar-refractivity contribution in [3.05, 3.63) is 30.1 Å². The molecule has 0 aliphatic carbocycles. The first-order valence-electron chi connectivity index (χ1n) is 3.70. The average Bonchev–Trinajstić information content (AvgIpc) is 2.04. The van der Waals surface area contributed by atoms with Crippen molar-refractivity contribution in [2.45, 2.75) is 6.42 Å². The summed E-state index contributed by atoms with van der Waals surface area (Å²) in [4.78, 5) is 18.3. The van der Waals surface area contributed by atoms with E-state index in [0.29, 0.717) is 0 Å². The molecule has 4 N–H and O–H groups in total. The van der Waals surface area contributed by atoms with Crippen LogP contribution in [0.1, 0.15) is 5.56 Å². The van der Waals surface area contributed by atoms with Gasteiger partial charge in [0.25, 0.3) is 5.91 Å². The van der Waals surface area contributed by atoms with Crippen LogP contribution in [-0.4, -0.2) is 16.9 Å². The number of aliphatic imine (C=N–C) groups is 1. The van der Waals surface area contributed by atoms with Gasteiger partial charge in [-0.3, -0.25) is 9.78 Å². The molecule has 0 saturated carbocycles. The molecule has 0 saturated heterocycles. The van der Waals surface area contributed by atoms with Crippen molar-refractivity contribution >= 4 is 11.9 Å². The fraction of sp³-hybridized carbons (Fsp3) is 0.125. The third kappa shape index (κ3) is 3.33. The highest BCUT2D eigenvalue weighted by atomic mass is 16.1. The van der Waals surface area contributed by atoms with E-state index in [9.17, 15) is 4.79 Å². The molecule has 0 unspecified atom stereocenters. The van der Waals surface area contributed by atoms with Gasteiger partial charge in [0.05, 0.1) is 6.42 Å². The number of amides is 1. The van der Waals surface area contributed by atoms with Crippen LogP contribution in [0.15, 0.2) is 29.5 Å². The lowest BCUT2D eigenvalue weighted by atomic mass is 10.2. The summed E-state index contributed by atoms with van der Waals surface area (Å²) in [6.07, 6.45) is 3.40. The minimum Gasteiger partial charge on any atom is -0.370 e. The van der Waals surface area contributed by atoms with Gasteiger partial charge in [-0.05, 0) is 11.6 Å². The van der Waals surface area contributed by atoms with Gasteiger partial charge >= 0.3 is 0 Å². The van der Waals surface area contributed by atoms with E-state index in [4.69, 9.17) is 11.5 Å². The Labute approximate surface area is 75.5 Å². The first-order chi connectivity index (χ1) is 6.18. The fourth-order valence-corrected chi connectivity index (χ4v) is 0.861. The number of aromatic nitrogens is 1. The summed E-state index contributed by atoms with van der Waals surface area (Å²) in [6, 6.07) is 3.53. The zero-order valence-electron chi connectivity index (χ0n) is 6.97. The zero-order chi connectivity index (χ0) is 9.68. The van der Waals surface area contributed by atoms with Crippen molar-refractivity contribution in [3.63, 3.8) is 0 Å². The monoisotopic (exact) mass is 178 g/mol. The van der Waals surface area contributed by atoms with Gasteiger partial charge in [0, 0.05) is 12.4 Å². The molecule has 1 rings (SSSR count). The maximum absolute atomic E-state index is 11.0. The normalized spacial score (nSPS) is 9.23. The molecule has 0 atom stereocenters. The quantitative estimate of drug-likeness (QED) is 0.468. The number of guanidine groups is 1. The van der Waals surface area contributed by atoms with Gasteiger partial charge in [-0.25, -0.2) is 0 Å². The summed E-state index contributed by atoms with van der Waals surface area (Å²) in [5.41, 5.74) is 10.9. The van der Waals surface area contributed by atoms with E-state index in [1.54, 1.807) is 24.5 Å². The number of carbonyl (C=O) groups is 1. The molecular formula is C8H10N4O. The van der Waals surface area contributed by atoms with Gasteiger partial charge in [0.2, 0.25) is 0 Å². The van der Waals surface area contributed by atoms with E-state index >= 15 is 0 Å². The standard InChI is InChI=1S/C8H10N4O/c9-8(10)12-7(13)4-6-2-1-3-11-5-6/h1-3,5H,4H2,(H4,9,10,12,13). The van der Waals surface area contributed by atoms with Crippen molar-refractivity contribution < 1.29 is 4.79 Å². The second-order valence-electron chi connectivity index (χ2n) is 2.47. The third-order valence-corrected chi connectivity index (χ3v) is 1.33. The van der Waals surface area contributed by atoms with Gasteiger partial charge in [-0.2, -0.15) is 4.99 Å². The van der Waals surface area contributed by atoms with Gasteiger partial charge < -0.3 is 11.5 Å². The predicted octanol–water partition coefficient (Wildman–Crippen LogP) is -0.576. The SMILES string of the molecule is NC(N)=NC(=O)Cc1cccnc1. The third-order valence-electron chi connectivity index (χ3n) is 1.33. The van der Waals surface area contributed by atoms with Crippen molar-refractivity contribution in [1.82, 2.24) is 4.98 Å². The molecule has 1 aromatic heterocycles. The summed E-state index contributed by atoms with van der Waals surface area (Å²) < 4.78 is 0. The Morgan fingerprint density at radius 2 is 2.31 bits per heavy atom. The summed E-state index contributed by atoms with van der Waals surface area (Å²) in [5, 5.41) is 0. The minimum absolute atomic E-state index is 0.172. The van der Waals surface area contributed by atoms with Crippen LogP contribution in [0.2, 0.25) is 0 Å². The molecule has 1 heterocycles. The molecule has 5 nitrogen and oxygen atoms in total. The predicted molar refractivity (Wildman–Crippen MR) is 48.8 cm³/mol. The lowest BCUT2D eigenvalue weighted by molar-refractivity contribution is -0.117. The summed E-state index contributed by atoms with van der Waals surface area (Å²) in [6.45, 7) is 0. The Hall–Kier alpha value is -1.91. The second kappa shape index (κ2) is 4.20. The van der Waals surface area contributed by atoms with Crippen LogP contribution in [0.4, 0.5) is 0 Å². The summed E-state index contributed by atoms with van der Waals surface area (Å²) in [7, 11) is 0. The van der Waals surface area contributed by atoms with Crippen LogP contribution in [0, 0.1) is 0 Å². The molecule has 1 aromatic rings. The van der Waals surface area contributed by atoms with Gasteiger partial charge in [-0.1, -0.05) is 6.07 Å². The number of nitrogens with two attached hydrogens (primary N) is 2. The maximum Gasteiger partial charge on any atom is 0.253 e. The van der Waals surface area contributed by atoms with E-state index < -0.39 is 0 Å². The molecule has 5 heteroatoms. The Morgan fingerprint density at radius 1 is 1.54 bits per heavy atom.